The Bertz CT molecular complexity index is 212. The molecule has 0 rings (SSSR count). The molecule has 0 aromatic carbocycles. The zero-order valence-electron chi connectivity index (χ0n) is 9.82. The third kappa shape index (κ3) is 7.41. The van der Waals surface area contributed by atoms with Crippen molar-refractivity contribution in [1.29, 1.82) is 0 Å². The topological polar surface area (TPSA) is 44.8 Å². The molecule has 0 fully saturated rings. The number of hydrogen-bond donors (Lipinski definition) is 0. The van der Waals surface area contributed by atoms with Gasteiger partial charge < -0.3 is 0 Å². The van der Waals surface area contributed by atoms with Gasteiger partial charge in [-0.2, -0.15) is 0 Å². The minimum atomic E-state index is -3.47. The van der Waals surface area contributed by atoms with Crippen molar-refractivity contribution in [3.63, 3.8) is 0 Å². The van der Waals surface area contributed by atoms with Gasteiger partial charge in [0.2, 0.25) is 0 Å². The Kier molecular flexibility index (Phi) is 9.67. The predicted molar refractivity (Wildman–Crippen MR) is 72.0 cm³/mol. The number of rotatable bonds is 9. The molecular formula is C9H19Br2O4P. The fraction of sp³-hybridized carbons (Fsp3) is 1.00. The third-order valence-corrected chi connectivity index (χ3v) is 5.35. The molecule has 0 bridgehead atoms. The lowest BCUT2D eigenvalue weighted by Gasteiger charge is -2.22. The van der Waals surface area contributed by atoms with Crippen molar-refractivity contribution in [3.05, 3.63) is 0 Å². The fourth-order valence-corrected chi connectivity index (χ4v) is 3.38. The normalized spacial score (nSPS) is 19.1. The summed E-state index contributed by atoms with van der Waals surface area (Å²) in [5.41, 5.74) is 0. The molecule has 0 aliphatic carbocycles. The summed E-state index contributed by atoms with van der Waals surface area (Å²) in [4.78, 5) is 0. The van der Waals surface area contributed by atoms with E-state index in [1.165, 1.54) is 0 Å². The van der Waals surface area contributed by atoms with Crippen molar-refractivity contribution >= 4 is 39.7 Å². The van der Waals surface area contributed by atoms with Crippen molar-refractivity contribution in [2.45, 2.75) is 50.1 Å². The highest BCUT2D eigenvalue weighted by molar-refractivity contribution is 9.09. The molecule has 0 aromatic rings. The molecule has 16 heavy (non-hydrogen) atoms. The van der Waals surface area contributed by atoms with Gasteiger partial charge >= 0.3 is 7.82 Å². The average molecular weight is 382 g/mol. The van der Waals surface area contributed by atoms with Crippen molar-refractivity contribution in [2.24, 2.45) is 0 Å². The van der Waals surface area contributed by atoms with Crippen LogP contribution >= 0.6 is 39.7 Å². The van der Waals surface area contributed by atoms with Crippen molar-refractivity contribution in [3.8, 4) is 0 Å². The van der Waals surface area contributed by atoms with Crippen LogP contribution < -0.4 is 0 Å². The maximum atomic E-state index is 12.2. The van der Waals surface area contributed by atoms with E-state index >= 15 is 0 Å². The summed E-state index contributed by atoms with van der Waals surface area (Å²) >= 11 is 6.49. The molecule has 0 aliphatic rings. The molecule has 0 heterocycles. The number of alkyl halides is 2. The van der Waals surface area contributed by atoms with E-state index in [4.69, 9.17) is 13.6 Å². The Morgan fingerprint density at radius 1 is 1.06 bits per heavy atom. The smallest absolute Gasteiger partial charge is 0.287 e. The van der Waals surface area contributed by atoms with E-state index in [0.717, 1.165) is 6.42 Å². The van der Waals surface area contributed by atoms with Crippen LogP contribution in [0, 0.1) is 0 Å². The average Bonchev–Trinajstić information content (AvgIpc) is 2.25. The van der Waals surface area contributed by atoms with Gasteiger partial charge in [0.15, 0.2) is 0 Å². The third-order valence-electron chi connectivity index (χ3n) is 1.58. The monoisotopic (exact) mass is 380 g/mol. The Hall–Kier alpha value is 1.07. The summed E-state index contributed by atoms with van der Waals surface area (Å²) in [7, 11) is -3.47. The largest absolute Gasteiger partial charge is 0.476 e. The van der Waals surface area contributed by atoms with Gasteiger partial charge in [0.1, 0.15) is 10.0 Å². The van der Waals surface area contributed by atoms with Gasteiger partial charge in [0, 0.05) is 0 Å². The molecule has 0 saturated heterocycles. The van der Waals surface area contributed by atoms with Crippen LogP contribution in [0.4, 0.5) is 0 Å². The van der Waals surface area contributed by atoms with Crippen molar-refractivity contribution in [1.82, 2.24) is 0 Å². The number of phosphoric ester groups is 1. The summed E-state index contributed by atoms with van der Waals surface area (Å²) in [5.74, 6) is 0. The molecule has 4 nitrogen and oxygen atoms in total. The second kappa shape index (κ2) is 9.06. The molecule has 7 heteroatoms. The minimum Gasteiger partial charge on any atom is -0.287 e. The van der Waals surface area contributed by atoms with E-state index in [0.29, 0.717) is 19.4 Å². The Balaban J connectivity index is 4.41. The summed E-state index contributed by atoms with van der Waals surface area (Å²) in [6.45, 7) is 6.11. The molecule has 0 aromatic heterocycles. The molecule has 2 atom stereocenters. The van der Waals surface area contributed by atoms with Crippen LogP contribution in [0.2, 0.25) is 0 Å². The maximum Gasteiger partial charge on any atom is 0.476 e. The van der Waals surface area contributed by atoms with Gasteiger partial charge in [-0.05, 0) is 19.3 Å². The number of phosphoric acid groups is 1. The summed E-state index contributed by atoms with van der Waals surface area (Å²) in [6.07, 6.45) is 2.12. The van der Waals surface area contributed by atoms with E-state index in [2.05, 4.69) is 31.9 Å². The second-order valence-corrected chi connectivity index (χ2v) is 6.74. The highest BCUT2D eigenvalue weighted by Gasteiger charge is 2.31. The Morgan fingerprint density at radius 3 is 1.81 bits per heavy atom. The summed E-state index contributed by atoms with van der Waals surface area (Å²) in [5, 5.41) is -0.654. The van der Waals surface area contributed by atoms with E-state index in [9.17, 15) is 4.57 Å². The fourth-order valence-electron chi connectivity index (χ4n) is 0.718. The van der Waals surface area contributed by atoms with E-state index in [1.807, 2.05) is 20.8 Å². The van der Waals surface area contributed by atoms with Gasteiger partial charge in [0.05, 0.1) is 6.61 Å². The van der Waals surface area contributed by atoms with Gasteiger partial charge in [-0.15, -0.1) is 0 Å². The van der Waals surface area contributed by atoms with Crippen LogP contribution in [0.5, 0.6) is 0 Å². The highest BCUT2D eigenvalue weighted by Crippen LogP contribution is 2.53. The molecule has 0 saturated carbocycles. The molecular weight excluding hydrogens is 363 g/mol. The SMILES string of the molecule is CCCOP(=O)(OC(Br)CC)OC(Br)CC. The first kappa shape index (κ1) is 17.1. The standard InChI is InChI=1S/C9H19Br2O4P/c1-4-7-13-16(12,14-8(10)5-2)15-9(11)6-3/h8-9H,4-7H2,1-3H3. The summed E-state index contributed by atoms with van der Waals surface area (Å²) < 4.78 is 27.9. The lowest BCUT2D eigenvalue weighted by atomic mass is 10.5. The maximum absolute atomic E-state index is 12.2. The molecule has 98 valence electrons. The zero-order chi connectivity index (χ0) is 12.6. The zero-order valence-corrected chi connectivity index (χ0v) is 13.9. The van der Waals surface area contributed by atoms with Crippen LogP contribution in [0.15, 0.2) is 0 Å². The highest BCUT2D eigenvalue weighted by atomic mass is 79.9. The van der Waals surface area contributed by atoms with E-state index < -0.39 is 7.82 Å². The van der Waals surface area contributed by atoms with Crippen LogP contribution in [0.1, 0.15) is 40.0 Å². The lowest BCUT2D eigenvalue weighted by molar-refractivity contribution is 0.0990. The first-order valence-electron chi connectivity index (χ1n) is 5.36. The summed E-state index contributed by atoms with van der Waals surface area (Å²) in [6, 6.07) is 0. The van der Waals surface area contributed by atoms with E-state index in [-0.39, 0.29) is 10.0 Å². The molecule has 2 unspecified atom stereocenters. The van der Waals surface area contributed by atoms with Crippen molar-refractivity contribution < 1.29 is 18.1 Å². The molecule has 0 radical (unpaired) electrons. The van der Waals surface area contributed by atoms with E-state index in [1.54, 1.807) is 0 Å². The van der Waals surface area contributed by atoms with Crippen LogP contribution in [-0.4, -0.2) is 16.6 Å². The first-order valence-corrected chi connectivity index (χ1v) is 8.66. The molecule has 0 spiro atoms. The van der Waals surface area contributed by atoms with Crippen molar-refractivity contribution in [2.75, 3.05) is 6.61 Å². The van der Waals surface area contributed by atoms with Gasteiger partial charge in [0.25, 0.3) is 0 Å². The molecule has 0 aliphatic heterocycles. The van der Waals surface area contributed by atoms with Gasteiger partial charge in [-0.1, -0.05) is 52.6 Å². The number of hydrogen-bond acceptors (Lipinski definition) is 4. The Morgan fingerprint density at radius 2 is 1.50 bits per heavy atom. The van der Waals surface area contributed by atoms with Gasteiger partial charge in [-0.3, -0.25) is 13.6 Å². The van der Waals surface area contributed by atoms with Crippen LogP contribution in [0.3, 0.4) is 0 Å². The predicted octanol–water partition coefficient (Wildman–Crippen LogP) is 4.82. The van der Waals surface area contributed by atoms with Crippen LogP contribution in [0.25, 0.3) is 0 Å². The molecule has 0 N–H and O–H groups in total. The second-order valence-electron chi connectivity index (χ2n) is 3.13. The molecule has 0 amide bonds. The quantitative estimate of drug-likeness (QED) is 0.424. The minimum absolute atomic E-state index is 0.327. The van der Waals surface area contributed by atoms with Gasteiger partial charge in [-0.25, -0.2) is 4.57 Å². The Labute approximate surface area is 114 Å². The van der Waals surface area contributed by atoms with Crippen LogP contribution in [-0.2, 0) is 18.1 Å². The number of halogens is 2. The first-order chi connectivity index (χ1) is 7.47. The lowest BCUT2D eigenvalue weighted by Crippen LogP contribution is -2.10.